The van der Waals surface area contributed by atoms with Gasteiger partial charge in [0, 0.05) is 12.1 Å². The molecule has 0 heterocycles. The molecule has 1 aliphatic rings. The van der Waals surface area contributed by atoms with Crippen LogP contribution in [0.25, 0.3) is 0 Å². The van der Waals surface area contributed by atoms with E-state index in [1.54, 1.807) is 13.8 Å². The molecule has 0 bridgehead atoms. The van der Waals surface area contributed by atoms with Crippen molar-refractivity contribution in [1.82, 2.24) is 5.32 Å². The molecule has 0 aromatic carbocycles. The van der Waals surface area contributed by atoms with E-state index in [2.05, 4.69) is 26.1 Å². The Hall–Kier alpha value is -0.0900. The lowest BCUT2D eigenvalue weighted by Gasteiger charge is -2.33. The molecule has 0 radical (unpaired) electrons. The van der Waals surface area contributed by atoms with E-state index in [0.717, 1.165) is 13.0 Å². The van der Waals surface area contributed by atoms with Gasteiger partial charge in [-0.05, 0) is 59.3 Å². The molecule has 0 aromatic rings. The zero-order valence-corrected chi connectivity index (χ0v) is 14.1. The summed E-state index contributed by atoms with van der Waals surface area (Å²) in [7, 11) is -2.91. The summed E-state index contributed by atoms with van der Waals surface area (Å²) in [5.41, 5.74) is 0.307. The van der Waals surface area contributed by atoms with Gasteiger partial charge in [0.15, 0.2) is 9.84 Å². The second-order valence-electron chi connectivity index (χ2n) is 7.48. The quantitative estimate of drug-likeness (QED) is 0.817. The highest BCUT2D eigenvalue weighted by Gasteiger charge is 2.35. The minimum Gasteiger partial charge on any atom is -0.312 e. The van der Waals surface area contributed by atoms with E-state index in [4.69, 9.17) is 0 Å². The first-order valence-electron chi connectivity index (χ1n) is 7.53. The first-order valence-corrected chi connectivity index (χ1v) is 9.25. The molecule has 0 unspecified atom stereocenters. The summed E-state index contributed by atoms with van der Waals surface area (Å²) in [6, 6.07) is 0. The van der Waals surface area contributed by atoms with E-state index < -0.39 is 9.84 Å². The fourth-order valence-electron chi connectivity index (χ4n) is 2.69. The van der Waals surface area contributed by atoms with Gasteiger partial charge in [0.1, 0.15) is 0 Å². The lowest BCUT2D eigenvalue weighted by atomic mass is 9.82. The van der Waals surface area contributed by atoms with Crippen molar-refractivity contribution < 1.29 is 8.42 Å². The van der Waals surface area contributed by atoms with Gasteiger partial charge < -0.3 is 5.32 Å². The van der Waals surface area contributed by atoms with E-state index in [9.17, 15) is 8.42 Å². The Labute approximate surface area is 119 Å². The minimum atomic E-state index is -2.91. The van der Waals surface area contributed by atoms with E-state index in [1.165, 1.54) is 25.7 Å². The molecular weight excluding hydrogens is 258 g/mol. The number of hydrogen-bond donors (Lipinski definition) is 1. The van der Waals surface area contributed by atoms with Crippen molar-refractivity contribution in [3.8, 4) is 0 Å². The topological polar surface area (TPSA) is 46.2 Å². The Morgan fingerprint density at radius 1 is 1.16 bits per heavy atom. The summed E-state index contributed by atoms with van der Waals surface area (Å²) < 4.78 is 24.0. The Kier molecular flexibility index (Phi) is 5.47. The number of nitrogens with one attached hydrogen (secondary N) is 1. The zero-order valence-electron chi connectivity index (χ0n) is 13.3. The summed E-state index contributed by atoms with van der Waals surface area (Å²) >= 11 is 0. The monoisotopic (exact) mass is 289 g/mol. The average Bonchev–Trinajstić information content (AvgIpc) is 2.72. The van der Waals surface area contributed by atoms with Gasteiger partial charge in [0.2, 0.25) is 0 Å². The van der Waals surface area contributed by atoms with E-state index in [0.29, 0.717) is 5.75 Å². The van der Waals surface area contributed by atoms with Gasteiger partial charge in [0.25, 0.3) is 0 Å². The summed E-state index contributed by atoms with van der Waals surface area (Å²) in [5.74, 6) is 0.344. The van der Waals surface area contributed by atoms with Crippen molar-refractivity contribution >= 4 is 9.84 Å². The largest absolute Gasteiger partial charge is 0.312 e. The summed E-state index contributed by atoms with van der Waals surface area (Å²) in [5, 5.41) is 3.33. The second-order valence-corrected chi connectivity index (χ2v) is 10.2. The van der Waals surface area contributed by atoms with Crippen LogP contribution in [-0.4, -0.2) is 31.5 Å². The van der Waals surface area contributed by atoms with Gasteiger partial charge in [0.05, 0.1) is 11.0 Å². The van der Waals surface area contributed by atoms with E-state index in [1.807, 2.05) is 0 Å². The van der Waals surface area contributed by atoms with E-state index >= 15 is 0 Å². The first kappa shape index (κ1) is 17.0. The SMILES string of the molecule is CC(C)S(=O)(=O)CCC1(CNC(C)(C)C)CCCC1. The van der Waals surface area contributed by atoms with Crippen LogP contribution in [0, 0.1) is 5.41 Å². The molecule has 1 fully saturated rings. The molecule has 0 spiro atoms. The van der Waals surface area contributed by atoms with Crippen LogP contribution in [0.15, 0.2) is 0 Å². The number of rotatable bonds is 6. The molecule has 0 aromatic heterocycles. The predicted octanol–water partition coefficient (Wildman–Crippen LogP) is 3.15. The highest BCUT2D eigenvalue weighted by atomic mass is 32.2. The maximum absolute atomic E-state index is 12.0. The van der Waals surface area contributed by atoms with Gasteiger partial charge in [-0.2, -0.15) is 0 Å². The standard InChI is InChI=1S/C15H31NO2S/c1-13(2)19(17,18)11-10-15(8-6-7-9-15)12-16-14(3,4)5/h13,16H,6-12H2,1-5H3. The van der Waals surface area contributed by atoms with Crippen molar-refractivity contribution in [1.29, 1.82) is 0 Å². The Morgan fingerprint density at radius 3 is 2.11 bits per heavy atom. The number of hydrogen-bond acceptors (Lipinski definition) is 3. The van der Waals surface area contributed by atoms with Crippen LogP contribution in [0.2, 0.25) is 0 Å². The van der Waals surface area contributed by atoms with Crippen molar-refractivity contribution in [2.75, 3.05) is 12.3 Å². The third kappa shape index (κ3) is 5.42. The molecule has 1 saturated carbocycles. The van der Waals surface area contributed by atoms with Crippen LogP contribution in [0.4, 0.5) is 0 Å². The lowest BCUT2D eigenvalue weighted by molar-refractivity contribution is 0.239. The molecule has 19 heavy (non-hydrogen) atoms. The summed E-state index contributed by atoms with van der Waals surface area (Å²) in [6.45, 7) is 11.0. The maximum atomic E-state index is 12.0. The molecule has 1 N–H and O–H groups in total. The summed E-state index contributed by atoms with van der Waals surface area (Å²) in [6.07, 6.45) is 5.64. The van der Waals surface area contributed by atoms with E-state index in [-0.39, 0.29) is 16.2 Å². The van der Waals surface area contributed by atoms with Gasteiger partial charge >= 0.3 is 0 Å². The van der Waals surface area contributed by atoms with Crippen molar-refractivity contribution in [3.63, 3.8) is 0 Å². The molecule has 0 saturated heterocycles. The van der Waals surface area contributed by atoms with Gasteiger partial charge in [-0.25, -0.2) is 8.42 Å². The van der Waals surface area contributed by atoms with Crippen molar-refractivity contribution in [2.45, 2.75) is 77.5 Å². The van der Waals surface area contributed by atoms with Crippen LogP contribution < -0.4 is 5.32 Å². The Morgan fingerprint density at radius 2 is 1.68 bits per heavy atom. The van der Waals surface area contributed by atoms with Crippen LogP contribution in [0.5, 0.6) is 0 Å². The lowest BCUT2D eigenvalue weighted by Crippen LogP contribution is -2.43. The maximum Gasteiger partial charge on any atom is 0.152 e. The fourth-order valence-corrected chi connectivity index (χ4v) is 3.88. The third-order valence-corrected chi connectivity index (χ3v) is 6.50. The van der Waals surface area contributed by atoms with Crippen molar-refractivity contribution in [2.24, 2.45) is 5.41 Å². The van der Waals surface area contributed by atoms with Gasteiger partial charge in [-0.1, -0.05) is 12.8 Å². The van der Waals surface area contributed by atoms with Gasteiger partial charge in [-0.3, -0.25) is 0 Å². The van der Waals surface area contributed by atoms with Crippen molar-refractivity contribution in [3.05, 3.63) is 0 Å². The average molecular weight is 289 g/mol. The number of sulfone groups is 1. The zero-order chi connectivity index (χ0) is 14.7. The summed E-state index contributed by atoms with van der Waals surface area (Å²) in [4.78, 5) is 0. The molecular formula is C15H31NO2S. The van der Waals surface area contributed by atoms with Crippen LogP contribution in [0.1, 0.15) is 66.7 Å². The smallest absolute Gasteiger partial charge is 0.152 e. The predicted molar refractivity (Wildman–Crippen MR) is 82.2 cm³/mol. The molecule has 0 atom stereocenters. The van der Waals surface area contributed by atoms with Gasteiger partial charge in [-0.15, -0.1) is 0 Å². The normalized spacial score (nSPS) is 20.1. The Balaban J connectivity index is 2.63. The minimum absolute atomic E-state index is 0.104. The molecule has 4 heteroatoms. The van der Waals surface area contributed by atoms with Crippen LogP contribution >= 0.6 is 0 Å². The fraction of sp³-hybridized carbons (Fsp3) is 1.00. The highest BCUT2D eigenvalue weighted by Crippen LogP contribution is 2.41. The molecule has 114 valence electrons. The molecule has 0 aliphatic heterocycles. The molecule has 3 nitrogen and oxygen atoms in total. The first-order chi connectivity index (χ1) is 8.56. The van der Waals surface area contributed by atoms with Crippen LogP contribution in [-0.2, 0) is 9.84 Å². The Bertz CT molecular complexity index is 373. The highest BCUT2D eigenvalue weighted by molar-refractivity contribution is 7.91. The third-order valence-electron chi connectivity index (χ3n) is 4.29. The molecule has 1 aliphatic carbocycles. The van der Waals surface area contributed by atoms with Crippen LogP contribution in [0.3, 0.4) is 0 Å². The molecule has 1 rings (SSSR count). The second kappa shape index (κ2) is 6.13. The molecule has 0 amide bonds.